The van der Waals surface area contributed by atoms with Crippen molar-refractivity contribution in [1.82, 2.24) is 14.9 Å². The van der Waals surface area contributed by atoms with Crippen molar-refractivity contribution in [3.8, 4) is 5.75 Å². The van der Waals surface area contributed by atoms with Gasteiger partial charge in [0.25, 0.3) is 0 Å². The number of para-hydroxylation sites is 1. The Balaban J connectivity index is 2.19. The molecule has 0 aliphatic carbocycles. The van der Waals surface area contributed by atoms with E-state index in [4.69, 9.17) is 10.5 Å². The molecule has 0 saturated heterocycles. The van der Waals surface area contributed by atoms with E-state index in [0.717, 1.165) is 5.52 Å². The quantitative estimate of drug-likeness (QED) is 0.901. The number of hydrogen-bond donors (Lipinski definition) is 2. The Morgan fingerprint density at radius 2 is 2.14 bits per heavy atom. The molecule has 1 heterocycles. The summed E-state index contributed by atoms with van der Waals surface area (Å²) in [6.45, 7) is 6.35. The maximum absolute atomic E-state index is 11.9. The number of methoxy groups -OCH3 is 1. The number of carbonyl (C=O) groups is 1. The van der Waals surface area contributed by atoms with Crippen LogP contribution in [0.15, 0.2) is 18.2 Å². The Labute approximate surface area is 124 Å². The fourth-order valence-corrected chi connectivity index (χ4v) is 2.23. The van der Waals surface area contributed by atoms with Gasteiger partial charge in [-0.3, -0.25) is 4.79 Å². The molecule has 0 spiro atoms. The zero-order valence-corrected chi connectivity index (χ0v) is 12.9. The van der Waals surface area contributed by atoms with E-state index in [-0.39, 0.29) is 11.4 Å². The molecule has 0 fully saturated rings. The molecule has 0 aliphatic heterocycles. The Kier molecular flexibility index (Phi) is 4.06. The molecule has 1 aromatic carbocycles. The van der Waals surface area contributed by atoms with E-state index in [1.165, 1.54) is 0 Å². The third kappa shape index (κ3) is 3.45. The first kappa shape index (κ1) is 15.2. The predicted molar refractivity (Wildman–Crippen MR) is 83.2 cm³/mol. The van der Waals surface area contributed by atoms with Crippen LogP contribution in [0.2, 0.25) is 0 Å². The molecule has 0 bridgehead atoms. The lowest BCUT2D eigenvalue weighted by Gasteiger charge is -2.20. The zero-order valence-electron chi connectivity index (χ0n) is 12.9. The highest BCUT2D eigenvalue weighted by Gasteiger charge is 2.16. The largest absolute Gasteiger partial charge is 0.494 e. The van der Waals surface area contributed by atoms with Gasteiger partial charge >= 0.3 is 0 Å². The highest BCUT2D eigenvalue weighted by molar-refractivity contribution is 5.84. The van der Waals surface area contributed by atoms with E-state index in [0.29, 0.717) is 30.2 Å². The lowest BCUT2D eigenvalue weighted by atomic mass is 10.1. The normalized spacial score (nSPS) is 11.6. The summed E-state index contributed by atoms with van der Waals surface area (Å²) in [5.74, 6) is 1.06. The van der Waals surface area contributed by atoms with Crippen LogP contribution >= 0.6 is 0 Å². The molecule has 1 aromatic heterocycles. The van der Waals surface area contributed by atoms with Crippen LogP contribution in [0, 0.1) is 0 Å². The van der Waals surface area contributed by atoms with E-state index >= 15 is 0 Å². The van der Waals surface area contributed by atoms with Crippen LogP contribution in [0.5, 0.6) is 5.75 Å². The first-order valence-corrected chi connectivity index (χ1v) is 6.91. The molecular formula is C15H22N4O2. The fourth-order valence-electron chi connectivity index (χ4n) is 2.23. The number of aryl methyl sites for hydroxylation is 1. The van der Waals surface area contributed by atoms with Gasteiger partial charge in [-0.1, -0.05) is 6.07 Å². The number of nitrogens with two attached hydrogens (primary N) is 1. The van der Waals surface area contributed by atoms with Crippen LogP contribution in [0.4, 0.5) is 5.95 Å². The van der Waals surface area contributed by atoms with E-state index in [9.17, 15) is 4.79 Å². The Bertz CT molecular complexity index is 655. The minimum absolute atomic E-state index is 0.00774. The topological polar surface area (TPSA) is 82.2 Å². The number of amides is 1. The van der Waals surface area contributed by atoms with Crippen molar-refractivity contribution >= 4 is 22.9 Å². The second kappa shape index (κ2) is 5.63. The number of nitrogens with one attached hydrogen (secondary N) is 1. The van der Waals surface area contributed by atoms with Gasteiger partial charge in [-0.05, 0) is 32.9 Å². The summed E-state index contributed by atoms with van der Waals surface area (Å²) in [6.07, 6.45) is 0.351. The molecule has 0 aliphatic rings. The monoisotopic (exact) mass is 290 g/mol. The fraction of sp³-hybridized carbons (Fsp3) is 0.467. The van der Waals surface area contributed by atoms with Gasteiger partial charge in [-0.25, -0.2) is 4.98 Å². The number of nitrogen functional groups attached to an aromatic ring is 1. The summed E-state index contributed by atoms with van der Waals surface area (Å²) in [7, 11) is 1.60. The van der Waals surface area contributed by atoms with E-state index in [1.807, 2.05) is 43.5 Å². The number of ether oxygens (including phenoxy) is 1. The van der Waals surface area contributed by atoms with Crippen molar-refractivity contribution in [3.05, 3.63) is 18.2 Å². The number of benzene rings is 1. The molecule has 0 atom stereocenters. The van der Waals surface area contributed by atoms with Gasteiger partial charge in [0.2, 0.25) is 11.9 Å². The Morgan fingerprint density at radius 3 is 2.76 bits per heavy atom. The molecule has 2 aromatic rings. The second-order valence-electron chi connectivity index (χ2n) is 6.00. The van der Waals surface area contributed by atoms with Gasteiger partial charge in [0.05, 0.1) is 12.6 Å². The van der Waals surface area contributed by atoms with Crippen LogP contribution in [0.1, 0.15) is 27.2 Å². The van der Waals surface area contributed by atoms with Crippen molar-refractivity contribution in [2.75, 3.05) is 12.8 Å². The summed E-state index contributed by atoms with van der Waals surface area (Å²) in [5.41, 5.74) is 7.31. The highest BCUT2D eigenvalue weighted by Crippen LogP contribution is 2.26. The number of nitrogens with zero attached hydrogens (tertiary/aromatic N) is 2. The molecule has 6 nitrogen and oxygen atoms in total. The van der Waals surface area contributed by atoms with Crippen molar-refractivity contribution < 1.29 is 9.53 Å². The van der Waals surface area contributed by atoms with E-state index in [1.54, 1.807) is 7.11 Å². The zero-order chi connectivity index (χ0) is 15.6. The summed E-state index contributed by atoms with van der Waals surface area (Å²) in [5, 5.41) is 2.93. The third-order valence-corrected chi connectivity index (χ3v) is 3.07. The molecule has 3 N–H and O–H groups in total. The minimum Gasteiger partial charge on any atom is -0.494 e. The number of carbonyl (C=O) groups excluding carboxylic acids is 1. The summed E-state index contributed by atoms with van der Waals surface area (Å²) < 4.78 is 7.11. The van der Waals surface area contributed by atoms with E-state index in [2.05, 4.69) is 10.3 Å². The molecule has 0 unspecified atom stereocenters. The number of aromatic nitrogens is 2. The van der Waals surface area contributed by atoms with Gasteiger partial charge in [-0.2, -0.15) is 0 Å². The molecule has 6 heteroatoms. The van der Waals surface area contributed by atoms with Gasteiger partial charge in [-0.15, -0.1) is 0 Å². The van der Waals surface area contributed by atoms with Crippen molar-refractivity contribution in [1.29, 1.82) is 0 Å². The maximum atomic E-state index is 11.9. The lowest BCUT2D eigenvalue weighted by molar-refractivity contribution is -0.122. The standard InChI is InChI=1S/C15H22N4O2/c1-15(2,3)18-12(20)8-9-19-10-6-5-7-11(21-4)13(10)17-14(19)16/h5-7H,8-9H2,1-4H3,(H2,16,17)(H,18,20). The van der Waals surface area contributed by atoms with Gasteiger partial charge in [0.1, 0.15) is 11.3 Å². The second-order valence-corrected chi connectivity index (χ2v) is 6.00. The first-order valence-electron chi connectivity index (χ1n) is 6.91. The predicted octanol–water partition coefficient (Wildman–Crippen LogP) is 1.93. The lowest BCUT2D eigenvalue weighted by Crippen LogP contribution is -2.40. The number of imidazole rings is 1. The number of rotatable bonds is 4. The molecule has 114 valence electrons. The summed E-state index contributed by atoms with van der Waals surface area (Å²) in [4.78, 5) is 16.2. The van der Waals surface area contributed by atoms with Gasteiger partial charge < -0.3 is 20.4 Å². The summed E-state index contributed by atoms with van der Waals surface area (Å²) >= 11 is 0. The molecule has 0 radical (unpaired) electrons. The van der Waals surface area contributed by atoms with Gasteiger partial charge in [0.15, 0.2) is 0 Å². The number of hydrogen-bond acceptors (Lipinski definition) is 4. The minimum atomic E-state index is -0.233. The highest BCUT2D eigenvalue weighted by atomic mass is 16.5. The van der Waals surface area contributed by atoms with Crippen LogP contribution < -0.4 is 15.8 Å². The van der Waals surface area contributed by atoms with Crippen LogP contribution in [-0.4, -0.2) is 28.1 Å². The van der Waals surface area contributed by atoms with Crippen LogP contribution in [-0.2, 0) is 11.3 Å². The molecule has 0 saturated carbocycles. The van der Waals surface area contributed by atoms with Crippen LogP contribution in [0.25, 0.3) is 11.0 Å². The van der Waals surface area contributed by atoms with Crippen LogP contribution in [0.3, 0.4) is 0 Å². The van der Waals surface area contributed by atoms with Crippen molar-refractivity contribution in [2.24, 2.45) is 0 Å². The molecular weight excluding hydrogens is 268 g/mol. The summed E-state index contributed by atoms with van der Waals surface area (Å²) in [6, 6.07) is 5.64. The molecule has 1 amide bonds. The van der Waals surface area contributed by atoms with Crippen molar-refractivity contribution in [3.63, 3.8) is 0 Å². The first-order chi connectivity index (χ1) is 9.81. The Hall–Kier alpha value is -2.24. The molecule has 2 rings (SSSR count). The maximum Gasteiger partial charge on any atom is 0.222 e. The average Bonchev–Trinajstić information content (AvgIpc) is 2.69. The van der Waals surface area contributed by atoms with Gasteiger partial charge in [0, 0.05) is 18.5 Å². The van der Waals surface area contributed by atoms with Crippen molar-refractivity contribution in [2.45, 2.75) is 39.3 Å². The smallest absolute Gasteiger partial charge is 0.222 e. The Morgan fingerprint density at radius 1 is 1.43 bits per heavy atom. The number of anilines is 1. The molecule has 21 heavy (non-hydrogen) atoms. The number of fused-ring (bicyclic) bond motifs is 1. The average molecular weight is 290 g/mol. The van der Waals surface area contributed by atoms with E-state index < -0.39 is 0 Å². The third-order valence-electron chi connectivity index (χ3n) is 3.07. The SMILES string of the molecule is COc1cccc2c1nc(N)n2CCC(=O)NC(C)(C)C.